The summed E-state index contributed by atoms with van der Waals surface area (Å²) in [6, 6.07) is 6.59. The first-order valence-corrected chi connectivity index (χ1v) is 7.31. The van der Waals surface area contributed by atoms with Gasteiger partial charge in [-0.1, -0.05) is 0 Å². The zero-order valence-electron chi connectivity index (χ0n) is 11.6. The second kappa shape index (κ2) is 5.67. The summed E-state index contributed by atoms with van der Waals surface area (Å²) in [6.45, 7) is 1.35. The Hall–Kier alpha value is -1.81. The van der Waals surface area contributed by atoms with E-state index in [1.807, 2.05) is 18.3 Å². The van der Waals surface area contributed by atoms with Crippen molar-refractivity contribution in [2.24, 2.45) is 0 Å². The van der Waals surface area contributed by atoms with Gasteiger partial charge in [-0.25, -0.2) is 0 Å². The highest BCUT2D eigenvalue weighted by molar-refractivity contribution is 6.00. The summed E-state index contributed by atoms with van der Waals surface area (Å²) in [7, 11) is 0. The van der Waals surface area contributed by atoms with Crippen LogP contribution in [0.2, 0.25) is 0 Å². The highest BCUT2D eigenvalue weighted by atomic mass is 16.2. The Morgan fingerprint density at radius 3 is 3.05 bits per heavy atom. The van der Waals surface area contributed by atoms with E-state index in [1.54, 1.807) is 6.20 Å². The molecule has 2 heterocycles. The number of aromatic nitrogens is 1. The molecule has 3 N–H and O–H groups in total. The number of nitrogen functional groups attached to an aromatic ring is 1. The zero-order chi connectivity index (χ0) is 13.9. The number of aliphatic hydroxyl groups excluding tert-OH is 1. The van der Waals surface area contributed by atoms with E-state index in [0.29, 0.717) is 6.04 Å². The summed E-state index contributed by atoms with van der Waals surface area (Å²) in [5, 5.41) is 11.2. The predicted molar refractivity (Wildman–Crippen MR) is 82.8 cm³/mol. The number of aliphatic hydroxyl groups is 1. The zero-order valence-corrected chi connectivity index (χ0v) is 11.6. The Kier molecular flexibility index (Phi) is 3.74. The number of nitrogens with zero attached hydrogens (tertiary/aromatic N) is 2. The highest BCUT2D eigenvalue weighted by Gasteiger charge is 2.25. The number of hydrogen-bond donors (Lipinski definition) is 2. The third-order valence-electron chi connectivity index (χ3n) is 4.21. The Morgan fingerprint density at radius 2 is 2.20 bits per heavy atom. The molecule has 0 saturated carbocycles. The molecule has 3 rings (SSSR count). The minimum absolute atomic E-state index is 0.272. The van der Waals surface area contributed by atoms with Crippen LogP contribution in [0.4, 0.5) is 11.4 Å². The Labute approximate surface area is 119 Å². The number of pyridine rings is 1. The molecule has 0 bridgehead atoms. The van der Waals surface area contributed by atoms with Crippen LogP contribution in [0.1, 0.15) is 25.7 Å². The molecule has 1 aromatic carbocycles. The number of benzene rings is 1. The maximum Gasteiger partial charge on any atom is 0.0465 e. The van der Waals surface area contributed by atoms with Gasteiger partial charge >= 0.3 is 0 Å². The average Bonchev–Trinajstić information content (AvgIpc) is 2.94. The molecule has 1 fully saturated rings. The average molecular weight is 271 g/mol. The van der Waals surface area contributed by atoms with E-state index in [9.17, 15) is 0 Å². The van der Waals surface area contributed by atoms with Crippen LogP contribution in [0, 0.1) is 0 Å². The monoisotopic (exact) mass is 271 g/mol. The van der Waals surface area contributed by atoms with Crippen LogP contribution in [0.15, 0.2) is 30.6 Å². The van der Waals surface area contributed by atoms with Gasteiger partial charge < -0.3 is 15.7 Å². The molecule has 0 spiro atoms. The van der Waals surface area contributed by atoms with Crippen molar-refractivity contribution in [3.63, 3.8) is 0 Å². The number of hydrogen-bond acceptors (Lipinski definition) is 4. The largest absolute Gasteiger partial charge is 0.398 e. The smallest absolute Gasteiger partial charge is 0.0465 e. The second-order valence-corrected chi connectivity index (χ2v) is 5.45. The maximum atomic E-state index is 9.05. The number of nitrogens with two attached hydrogens (primary N) is 1. The van der Waals surface area contributed by atoms with Crippen LogP contribution in [-0.2, 0) is 0 Å². The van der Waals surface area contributed by atoms with E-state index in [2.05, 4.69) is 16.0 Å². The molecule has 4 nitrogen and oxygen atoms in total. The maximum absolute atomic E-state index is 9.05. The molecule has 1 saturated heterocycles. The summed E-state index contributed by atoms with van der Waals surface area (Å²) in [5.74, 6) is 0. The van der Waals surface area contributed by atoms with E-state index in [4.69, 9.17) is 10.8 Å². The Morgan fingerprint density at radius 1 is 1.30 bits per heavy atom. The minimum atomic E-state index is 0.272. The molecule has 20 heavy (non-hydrogen) atoms. The van der Waals surface area contributed by atoms with Crippen molar-refractivity contribution in [3.05, 3.63) is 30.6 Å². The van der Waals surface area contributed by atoms with Crippen LogP contribution >= 0.6 is 0 Å². The molecular formula is C16H21N3O. The van der Waals surface area contributed by atoms with E-state index < -0.39 is 0 Å². The Bertz CT molecular complexity index is 599. The highest BCUT2D eigenvalue weighted by Crippen LogP contribution is 2.35. The molecule has 2 aromatic rings. The number of rotatable bonds is 4. The molecule has 1 atom stereocenters. The fraction of sp³-hybridized carbons (Fsp3) is 0.438. The molecular weight excluding hydrogens is 250 g/mol. The fourth-order valence-corrected chi connectivity index (χ4v) is 3.23. The molecule has 1 unspecified atom stereocenters. The minimum Gasteiger partial charge on any atom is -0.398 e. The van der Waals surface area contributed by atoms with Crippen LogP contribution in [0.5, 0.6) is 0 Å². The quantitative estimate of drug-likeness (QED) is 0.839. The van der Waals surface area contributed by atoms with Gasteiger partial charge in [-0.15, -0.1) is 0 Å². The van der Waals surface area contributed by atoms with Gasteiger partial charge in [0.2, 0.25) is 0 Å². The van der Waals surface area contributed by atoms with Gasteiger partial charge in [-0.2, -0.15) is 0 Å². The Balaban J connectivity index is 1.99. The van der Waals surface area contributed by atoms with Gasteiger partial charge in [0.05, 0.1) is 0 Å². The van der Waals surface area contributed by atoms with Gasteiger partial charge in [-0.05, 0) is 43.9 Å². The van der Waals surface area contributed by atoms with E-state index in [1.165, 1.54) is 18.5 Å². The van der Waals surface area contributed by atoms with Gasteiger partial charge in [0, 0.05) is 53.7 Å². The van der Waals surface area contributed by atoms with Gasteiger partial charge in [0.25, 0.3) is 0 Å². The molecule has 0 radical (unpaired) electrons. The van der Waals surface area contributed by atoms with Crippen molar-refractivity contribution in [1.82, 2.24) is 4.98 Å². The third-order valence-corrected chi connectivity index (χ3v) is 4.21. The van der Waals surface area contributed by atoms with E-state index in [-0.39, 0.29) is 6.61 Å². The molecule has 0 amide bonds. The predicted octanol–water partition coefficient (Wildman–Crippen LogP) is 2.56. The SMILES string of the molecule is Nc1ccc(N2CCCC2CCCO)c2cnccc12. The number of anilines is 2. The molecule has 1 aliphatic heterocycles. The first kappa shape index (κ1) is 13.2. The van der Waals surface area contributed by atoms with Crippen molar-refractivity contribution in [2.75, 3.05) is 23.8 Å². The lowest BCUT2D eigenvalue weighted by Gasteiger charge is -2.28. The third kappa shape index (κ3) is 2.31. The lowest BCUT2D eigenvalue weighted by molar-refractivity contribution is 0.279. The van der Waals surface area contributed by atoms with Crippen LogP contribution in [0.25, 0.3) is 10.8 Å². The summed E-state index contributed by atoms with van der Waals surface area (Å²) in [5.41, 5.74) is 8.09. The topological polar surface area (TPSA) is 62.4 Å². The molecule has 1 aliphatic rings. The van der Waals surface area contributed by atoms with Crippen molar-refractivity contribution in [2.45, 2.75) is 31.7 Å². The van der Waals surface area contributed by atoms with Crippen LogP contribution in [-0.4, -0.2) is 29.3 Å². The molecule has 0 aliphatic carbocycles. The van der Waals surface area contributed by atoms with E-state index in [0.717, 1.165) is 35.8 Å². The number of fused-ring (bicyclic) bond motifs is 1. The van der Waals surface area contributed by atoms with Gasteiger partial charge in [-0.3, -0.25) is 4.98 Å². The van der Waals surface area contributed by atoms with Crippen molar-refractivity contribution < 1.29 is 5.11 Å². The van der Waals surface area contributed by atoms with Gasteiger partial charge in [0.15, 0.2) is 0 Å². The van der Waals surface area contributed by atoms with Crippen molar-refractivity contribution in [1.29, 1.82) is 0 Å². The van der Waals surface area contributed by atoms with E-state index >= 15 is 0 Å². The standard InChI is InChI=1S/C16H21N3O/c17-15-5-6-16(14-11-18-8-7-13(14)15)19-9-1-3-12(19)4-2-10-20/h5-8,11-12,20H,1-4,9-10,17H2. The summed E-state index contributed by atoms with van der Waals surface area (Å²) < 4.78 is 0. The first-order valence-electron chi connectivity index (χ1n) is 7.31. The summed E-state index contributed by atoms with van der Waals surface area (Å²) >= 11 is 0. The molecule has 1 aromatic heterocycles. The molecule has 106 valence electrons. The van der Waals surface area contributed by atoms with Crippen LogP contribution < -0.4 is 10.6 Å². The normalized spacial score (nSPS) is 18.9. The summed E-state index contributed by atoms with van der Waals surface area (Å²) in [6.07, 6.45) is 8.02. The molecule has 4 heteroatoms. The van der Waals surface area contributed by atoms with Gasteiger partial charge in [0.1, 0.15) is 0 Å². The first-order chi connectivity index (χ1) is 9.81. The van der Waals surface area contributed by atoms with Crippen LogP contribution in [0.3, 0.4) is 0 Å². The van der Waals surface area contributed by atoms with Crippen molar-refractivity contribution >= 4 is 22.1 Å². The second-order valence-electron chi connectivity index (χ2n) is 5.45. The lowest BCUT2D eigenvalue weighted by Crippen LogP contribution is -2.29. The lowest BCUT2D eigenvalue weighted by atomic mass is 10.1. The van der Waals surface area contributed by atoms with Crippen molar-refractivity contribution in [3.8, 4) is 0 Å². The fourth-order valence-electron chi connectivity index (χ4n) is 3.23. The summed E-state index contributed by atoms with van der Waals surface area (Å²) in [4.78, 5) is 6.71.